The molecule has 94 valence electrons. The summed E-state index contributed by atoms with van der Waals surface area (Å²) in [6.45, 7) is 16.9. The van der Waals surface area contributed by atoms with Crippen LogP contribution in [0.15, 0.2) is 24.3 Å². The molecule has 0 aromatic heterocycles. The molecule has 0 bridgehead atoms. The van der Waals surface area contributed by atoms with Crippen molar-refractivity contribution in [3.8, 4) is 0 Å². The Bertz CT molecular complexity index is 202. The van der Waals surface area contributed by atoms with E-state index in [1.807, 2.05) is 27.7 Å². The molecule has 0 saturated carbocycles. The van der Waals surface area contributed by atoms with Crippen LogP contribution in [0.3, 0.4) is 0 Å². The molecule has 1 aromatic rings. The minimum absolute atomic E-state index is 0.645. The second-order valence-corrected chi connectivity index (χ2v) is 3.98. The highest BCUT2D eigenvalue weighted by atomic mass is 14.1. The highest BCUT2D eigenvalue weighted by molar-refractivity contribution is 5.26. The topological polar surface area (TPSA) is 0 Å². The number of hydrogen-bond acceptors (Lipinski definition) is 0. The zero-order chi connectivity index (χ0) is 13.1. The van der Waals surface area contributed by atoms with Crippen LogP contribution in [0, 0.1) is 0 Å². The summed E-state index contributed by atoms with van der Waals surface area (Å²) in [6.07, 6.45) is 0. The van der Waals surface area contributed by atoms with Gasteiger partial charge in [-0.2, -0.15) is 0 Å². The highest BCUT2D eigenvalue weighted by Gasteiger charge is 2.00. The van der Waals surface area contributed by atoms with Crippen molar-refractivity contribution in [2.75, 3.05) is 0 Å². The molecule has 0 aliphatic rings. The Morgan fingerprint density at radius 2 is 0.750 bits per heavy atom. The number of rotatable bonds is 2. The van der Waals surface area contributed by atoms with Crippen LogP contribution in [0.25, 0.3) is 0 Å². The molecule has 0 saturated heterocycles. The van der Waals surface area contributed by atoms with Gasteiger partial charge in [-0.25, -0.2) is 0 Å². The Morgan fingerprint density at radius 3 is 0.875 bits per heavy atom. The second kappa shape index (κ2) is 10.7. The molecule has 0 spiro atoms. The standard InChI is InChI=1S/C12H18.2C2H6/c1-9(2)11-5-7-12(8-6-11)10(3)4;2*1-2/h5-10H,1-4H3;2*1-2H3. The molecule has 16 heavy (non-hydrogen) atoms. The summed E-state index contributed by atoms with van der Waals surface area (Å²) >= 11 is 0. The number of benzene rings is 1. The van der Waals surface area contributed by atoms with Crippen LogP contribution in [-0.2, 0) is 0 Å². The van der Waals surface area contributed by atoms with Gasteiger partial charge in [-0.3, -0.25) is 0 Å². The lowest BCUT2D eigenvalue weighted by molar-refractivity contribution is 0.845. The lowest BCUT2D eigenvalue weighted by Crippen LogP contribution is -1.90. The Kier molecular flexibility index (Phi) is 11.8. The first kappa shape index (κ1) is 17.6. The van der Waals surface area contributed by atoms with E-state index in [0.717, 1.165) is 0 Å². The Labute approximate surface area is 103 Å². The minimum atomic E-state index is 0.645. The van der Waals surface area contributed by atoms with Crippen molar-refractivity contribution in [1.82, 2.24) is 0 Å². The molecule has 0 amide bonds. The van der Waals surface area contributed by atoms with E-state index < -0.39 is 0 Å². The van der Waals surface area contributed by atoms with Gasteiger partial charge in [0.1, 0.15) is 0 Å². The fraction of sp³-hybridized carbons (Fsp3) is 0.625. The zero-order valence-corrected chi connectivity index (χ0v) is 12.5. The smallest absolute Gasteiger partial charge is 0.0219 e. The van der Waals surface area contributed by atoms with Gasteiger partial charge >= 0.3 is 0 Å². The summed E-state index contributed by atoms with van der Waals surface area (Å²) in [5.74, 6) is 1.29. The van der Waals surface area contributed by atoms with Crippen molar-refractivity contribution < 1.29 is 0 Å². The van der Waals surface area contributed by atoms with Crippen molar-refractivity contribution in [1.29, 1.82) is 0 Å². The van der Waals surface area contributed by atoms with Crippen LogP contribution in [0.4, 0.5) is 0 Å². The van der Waals surface area contributed by atoms with E-state index in [9.17, 15) is 0 Å². The largest absolute Gasteiger partial charge is 0.0683 e. The summed E-state index contributed by atoms with van der Waals surface area (Å²) in [4.78, 5) is 0. The molecule has 0 unspecified atom stereocenters. The van der Waals surface area contributed by atoms with E-state index in [4.69, 9.17) is 0 Å². The van der Waals surface area contributed by atoms with Gasteiger partial charge in [-0.05, 0) is 23.0 Å². The second-order valence-electron chi connectivity index (χ2n) is 3.98. The molecule has 0 heteroatoms. The average molecular weight is 222 g/mol. The van der Waals surface area contributed by atoms with Crippen molar-refractivity contribution in [3.63, 3.8) is 0 Å². The van der Waals surface area contributed by atoms with Gasteiger partial charge in [0.25, 0.3) is 0 Å². The molecule has 0 N–H and O–H groups in total. The first-order chi connectivity index (χ1) is 7.61. The zero-order valence-electron chi connectivity index (χ0n) is 12.5. The van der Waals surface area contributed by atoms with Crippen LogP contribution in [0.1, 0.15) is 78.4 Å². The maximum absolute atomic E-state index is 2.24. The van der Waals surface area contributed by atoms with Crippen LogP contribution in [-0.4, -0.2) is 0 Å². The molecule has 1 aromatic carbocycles. The van der Waals surface area contributed by atoms with Gasteiger partial charge in [-0.15, -0.1) is 0 Å². The summed E-state index contributed by atoms with van der Waals surface area (Å²) in [5.41, 5.74) is 2.86. The van der Waals surface area contributed by atoms with Gasteiger partial charge in [-0.1, -0.05) is 79.7 Å². The Morgan fingerprint density at radius 1 is 0.562 bits per heavy atom. The van der Waals surface area contributed by atoms with E-state index in [1.54, 1.807) is 0 Å². The van der Waals surface area contributed by atoms with Crippen LogP contribution < -0.4 is 0 Å². The average Bonchev–Trinajstić information content (AvgIpc) is 2.34. The van der Waals surface area contributed by atoms with Gasteiger partial charge < -0.3 is 0 Å². The molecule has 0 heterocycles. The normalized spacial score (nSPS) is 9.12. The molecule has 0 atom stereocenters. The van der Waals surface area contributed by atoms with Crippen molar-refractivity contribution >= 4 is 0 Å². The summed E-state index contributed by atoms with van der Waals surface area (Å²) in [7, 11) is 0. The molecule has 1 rings (SSSR count). The lowest BCUT2D eigenvalue weighted by Gasteiger charge is -2.08. The fourth-order valence-corrected chi connectivity index (χ4v) is 1.27. The van der Waals surface area contributed by atoms with Gasteiger partial charge in [0.2, 0.25) is 0 Å². The molecule has 0 nitrogen and oxygen atoms in total. The summed E-state index contributed by atoms with van der Waals surface area (Å²) in [6, 6.07) is 8.94. The van der Waals surface area contributed by atoms with Gasteiger partial charge in [0.05, 0.1) is 0 Å². The van der Waals surface area contributed by atoms with E-state index in [-0.39, 0.29) is 0 Å². The minimum Gasteiger partial charge on any atom is -0.0683 e. The monoisotopic (exact) mass is 222 g/mol. The predicted octanol–water partition coefficient (Wildman–Crippen LogP) is 5.99. The highest BCUT2D eigenvalue weighted by Crippen LogP contribution is 2.18. The third-order valence-electron chi connectivity index (χ3n) is 2.27. The summed E-state index contributed by atoms with van der Waals surface area (Å²) in [5, 5.41) is 0. The predicted molar refractivity (Wildman–Crippen MR) is 77.3 cm³/mol. The van der Waals surface area contributed by atoms with Gasteiger partial charge in [0, 0.05) is 0 Å². The summed E-state index contributed by atoms with van der Waals surface area (Å²) < 4.78 is 0. The third kappa shape index (κ3) is 6.66. The number of hydrogen-bond donors (Lipinski definition) is 0. The fourth-order valence-electron chi connectivity index (χ4n) is 1.27. The van der Waals surface area contributed by atoms with Crippen molar-refractivity contribution in [2.45, 2.75) is 67.2 Å². The Balaban J connectivity index is 0. The first-order valence-corrected chi connectivity index (χ1v) is 6.71. The van der Waals surface area contributed by atoms with E-state index in [2.05, 4.69) is 52.0 Å². The SMILES string of the molecule is CC.CC.CC(C)c1ccc(C(C)C)cc1. The molecule has 0 aliphatic heterocycles. The van der Waals surface area contributed by atoms with E-state index >= 15 is 0 Å². The van der Waals surface area contributed by atoms with Crippen molar-refractivity contribution in [2.24, 2.45) is 0 Å². The van der Waals surface area contributed by atoms with Gasteiger partial charge in [0.15, 0.2) is 0 Å². The molecule has 0 aliphatic carbocycles. The van der Waals surface area contributed by atoms with E-state index in [1.165, 1.54) is 11.1 Å². The maximum atomic E-state index is 2.24. The van der Waals surface area contributed by atoms with Crippen LogP contribution >= 0.6 is 0 Å². The first-order valence-electron chi connectivity index (χ1n) is 6.71. The maximum Gasteiger partial charge on any atom is -0.0219 e. The van der Waals surface area contributed by atoms with Crippen LogP contribution in [0.5, 0.6) is 0 Å². The molecule has 0 radical (unpaired) electrons. The molecule has 0 fully saturated rings. The third-order valence-corrected chi connectivity index (χ3v) is 2.27. The Hall–Kier alpha value is -0.780. The molecular weight excluding hydrogens is 192 g/mol. The quantitative estimate of drug-likeness (QED) is 0.577. The van der Waals surface area contributed by atoms with Crippen LogP contribution in [0.2, 0.25) is 0 Å². The molecular formula is C16H30. The lowest BCUT2D eigenvalue weighted by atomic mass is 9.97. The van der Waals surface area contributed by atoms with E-state index in [0.29, 0.717) is 11.8 Å². The van der Waals surface area contributed by atoms with Crippen molar-refractivity contribution in [3.05, 3.63) is 35.4 Å².